The van der Waals surface area contributed by atoms with Gasteiger partial charge in [-0.25, -0.2) is 13.1 Å². The Hall–Kier alpha value is -2.69. The lowest BCUT2D eigenvalue weighted by atomic mass is 10.0. The molecular weight excluding hydrogens is 475 g/mol. The topological polar surface area (TPSA) is 83.5 Å². The molecule has 0 spiro atoms. The number of aryl methyl sites for hydroxylation is 1. The molecule has 0 fully saturated rings. The van der Waals surface area contributed by atoms with Crippen molar-refractivity contribution in [2.75, 3.05) is 0 Å². The molecule has 0 saturated carbocycles. The predicted molar refractivity (Wildman–Crippen MR) is 119 cm³/mol. The fraction of sp³-hybridized carbons (Fsp3) is 0.261. The largest absolute Gasteiger partial charge is 0.481 e. The van der Waals surface area contributed by atoms with E-state index in [4.69, 9.17) is 5.11 Å². The van der Waals surface area contributed by atoms with E-state index in [9.17, 15) is 26.4 Å². The van der Waals surface area contributed by atoms with Gasteiger partial charge in [-0.2, -0.15) is 13.2 Å². The molecule has 4 rings (SSSR count). The first-order chi connectivity index (χ1) is 15.5. The Morgan fingerprint density at radius 3 is 2.52 bits per heavy atom. The third-order valence-corrected chi connectivity index (χ3v) is 8.03. The van der Waals surface area contributed by atoms with E-state index in [0.717, 1.165) is 28.8 Å². The van der Waals surface area contributed by atoms with E-state index in [-0.39, 0.29) is 6.42 Å². The van der Waals surface area contributed by atoms with Crippen LogP contribution in [-0.4, -0.2) is 25.5 Å². The molecular formula is C23H20F3NO4S2. The lowest BCUT2D eigenvalue weighted by Crippen LogP contribution is -2.36. The van der Waals surface area contributed by atoms with Crippen molar-refractivity contribution >= 4 is 27.3 Å². The highest BCUT2D eigenvalue weighted by molar-refractivity contribution is 7.89. The van der Waals surface area contributed by atoms with E-state index in [2.05, 4.69) is 4.72 Å². The molecule has 1 aliphatic rings. The zero-order chi connectivity index (χ0) is 23.8. The number of aliphatic carboxylic acids is 1. The number of fused-ring (bicyclic) bond motifs is 1. The van der Waals surface area contributed by atoms with E-state index in [1.165, 1.54) is 17.4 Å². The minimum absolute atomic E-state index is 0.0173. The number of carboxylic acid groups (broad SMARTS) is 1. The number of hydrogen-bond acceptors (Lipinski definition) is 4. The molecule has 0 radical (unpaired) electrons. The molecule has 10 heteroatoms. The molecule has 33 heavy (non-hydrogen) atoms. The highest BCUT2D eigenvalue weighted by Gasteiger charge is 2.38. The second kappa shape index (κ2) is 8.92. The smallest absolute Gasteiger partial charge is 0.417 e. The number of benzene rings is 2. The highest BCUT2D eigenvalue weighted by atomic mass is 32.2. The summed E-state index contributed by atoms with van der Waals surface area (Å²) in [6.07, 6.45) is -3.83. The molecule has 1 atom stereocenters. The van der Waals surface area contributed by atoms with E-state index in [0.29, 0.717) is 29.7 Å². The summed E-state index contributed by atoms with van der Waals surface area (Å²) >= 11 is 1.27. The van der Waals surface area contributed by atoms with Crippen LogP contribution < -0.4 is 4.72 Å². The first kappa shape index (κ1) is 23.5. The maximum atomic E-state index is 13.8. The molecule has 0 saturated heterocycles. The van der Waals surface area contributed by atoms with Crippen LogP contribution >= 0.6 is 11.3 Å². The molecule has 2 N–H and O–H groups in total. The number of carbonyl (C=O) groups is 1. The number of hydrogen-bond donors (Lipinski definition) is 2. The predicted octanol–water partition coefficient (Wildman–Crippen LogP) is 4.90. The molecule has 2 aromatic carbocycles. The van der Waals surface area contributed by atoms with Gasteiger partial charge in [-0.1, -0.05) is 30.3 Å². The van der Waals surface area contributed by atoms with Gasteiger partial charge in [0.1, 0.15) is 0 Å². The van der Waals surface area contributed by atoms with Crippen molar-refractivity contribution < 1.29 is 31.5 Å². The summed E-state index contributed by atoms with van der Waals surface area (Å²) in [5, 5.41) is 10.6. The molecule has 1 unspecified atom stereocenters. The molecule has 5 nitrogen and oxygen atoms in total. The molecule has 174 valence electrons. The van der Waals surface area contributed by atoms with Gasteiger partial charge in [-0.05, 0) is 65.1 Å². The summed E-state index contributed by atoms with van der Waals surface area (Å²) < 4.78 is 69.7. The molecule has 0 amide bonds. The normalized spacial score (nSPS) is 16.0. The Morgan fingerprint density at radius 2 is 1.85 bits per heavy atom. The third-order valence-electron chi connectivity index (χ3n) is 5.53. The second-order valence-corrected chi connectivity index (χ2v) is 10.5. The molecule has 1 aromatic heterocycles. The lowest BCUT2D eigenvalue weighted by Gasteiger charge is -2.17. The number of thiophene rings is 1. The van der Waals surface area contributed by atoms with Crippen LogP contribution in [0.15, 0.2) is 58.8 Å². The number of alkyl halides is 3. The third kappa shape index (κ3) is 5.29. The van der Waals surface area contributed by atoms with Gasteiger partial charge in [0.25, 0.3) is 0 Å². The second-order valence-electron chi connectivity index (χ2n) is 7.91. The Bertz CT molecular complexity index is 1290. The molecule has 1 aliphatic carbocycles. The van der Waals surface area contributed by atoms with Crippen LogP contribution in [0.25, 0.3) is 10.4 Å². The number of carboxylic acids is 1. The van der Waals surface area contributed by atoms with Gasteiger partial charge in [0.05, 0.1) is 10.5 Å². The maximum Gasteiger partial charge on any atom is 0.417 e. The fourth-order valence-electron chi connectivity index (χ4n) is 4.03. The minimum atomic E-state index is -4.84. The standard InChI is InChI=1S/C23H20F3NO4S2/c24-23(25,26)19-13-16(20-2-1-9-32-20)6-7-21(19)33(30,31)27-18-11-15-5-3-14(4-8-22(28)29)10-17(15)12-18/h1-3,5-7,9-10,13,18,27H,4,8,11-12H2,(H,28,29). The van der Waals surface area contributed by atoms with Gasteiger partial charge in [-0.3, -0.25) is 4.79 Å². The van der Waals surface area contributed by atoms with Gasteiger partial charge in [0, 0.05) is 17.3 Å². The van der Waals surface area contributed by atoms with Gasteiger partial charge >= 0.3 is 12.1 Å². The number of halogens is 3. The Balaban J connectivity index is 1.57. The van der Waals surface area contributed by atoms with Gasteiger partial charge in [0.15, 0.2) is 0 Å². The average molecular weight is 496 g/mol. The fourth-order valence-corrected chi connectivity index (χ4v) is 6.19. The maximum absolute atomic E-state index is 13.8. The van der Waals surface area contributed by atoms with Crippen LogP contribution in [0.1, 0.15) is 28.7 Å². The summed E-state index contributed by atoms with van der Waals surface area (Å²) in [6, 6.07) is 11.5. The summed E-state index contributed by atoms with van der Waals surface area (Å²) in [5.74, 6) is -0.910. The van der Waals surface area contributed by atoms with Crippen molar-refractivity contribution in [3.63, 3.8) is 0 Å². The summed E-state index contributed by atoms with van der Waals surface area (Å²) in [5.41, 5.74) is 1.69. The zero-order valence-electron chi connectivity index (χ0n) is 17.2. The first-order valence-electron chi connectivity index (χ1n) is 10.1. The van der Waals surface area contributed by atoms with Crippen molar-refractivity contribution in [1.82, 2.24) is 4.72 Å². The van der Waals surface area contributed by atoms with E-state index < -0.39 is 38.7 Å². The number of rotatable bonds is 7. The van der Waals surface area contributed by atoms with Gasteiger partial charge in [-0.15, -0.1) is 11.3 Å². The Morgan fingerprint density at radius 1 is 1.09 bits per heavy atom. The van der Waals surface area contributed by atoms with Crippen LogP contribution in [0.5, 0.6) is 0 Å². The summed E-state index contributed by atoms with van der Waals surface area (Å²) in [7, 11) is -4.44. The van der Waals surface area contributed by atoms with Crippen LogP contribution in [0, 0.1) is 0 Å². The lowest BCUT2D eigenvalue weighted by molar-refractivity contribution is -0.140. The zero-order valence-corrected chi connectivity index (χ0v) is 18.9. The molecule has 1 heterocycles. The Kier molecular flexibility index (Phi) is 6.35. The van der Waals surface area contributed by atoms with Crippen LogP contribution in [-0.2, 0) is 40.3 Å². The van der Waals surface area contributed by atoms with E-state index >= 15 is 0 Å². The van der Waals surface area contributed by atoms with Crippen molar-refractivity contribution in [3.8, 4) is 10.4 Å². The number of nitrogens with one attached hydrogen (secondary N) is 1. The van der Waals surface area contributed by atoms with Crippen LogP contribution in [0.4, 0.5) is 13.2 Å². The van der Waals surface area contributed by atoms with Gasteiger partial charge < -0.3 is 5.11 Å². The van der Waals surface area contributed by atoms with E-state index in [1.54, 1.807) is 23.6 Å². The molecule has 0 aliphatic heterocycles. The van der Waals surface area contributed by atoms with Crippen molar-refractivity contribution in [2.45, 2.75) is 42.8 Å². The Labute approximate surface area is 192 Å². The summed E-state index contributed by atoms with van der Waals surface area (Å²) in [4.78, 5) is 10.6. The first-order valence-corrected chi connectivity index (χ1v) is 12.5. The van der Waals surface area contributed by atoms with Crippen LogP contribution in [0.3, 0.4) is 0 Å². The monoisotopic (exact) mass is 495 g/mol. The quantitative estimate of drug-likeness (QED) is 0.489. The minimum Gasteiger partial charge on any atom is -0.481 e. The average Bonchev–Trinajstić information content (AvgIpc) is 3.40. The van der Waals surface area contributed by atoms with Crippen molar-refractivity contribution in [1.29, 1.82) is 0 Å². The van der Waals surface area contributed by atoms with Gasteiger partial charge in [0.2, 0.25) is 10.0 Å². The number of sulfonamides is 1. The van der Waals surface area contributed by atoms with Crippen molar-refractivity contribution in [2.24, 2.45) is 0 Å². The highest BCUT2D eigenvalue weighted by Crippen LogP contribution is 2.38. The van der Waals surface area contributed by atoms with Crippen LogP contribution in [0.2, 0.25) is 0 Å². The SMILES string of the molecule is O=C(O)CCc1ccc2c(c1)CC(NS(=O)(=O)c1ccc(-c3cccs3)cc1C(F)(F)F)C2. The molecule has 3 aromatic rings. The van der Waals surface area contributed by atoms with Crippen molar-refractivity contribution in [3.05, 3.63) is 76.2 Å². The summed E-state index contributed by atoms with van der Waals surface area (Å²) in [6.45, 7) is 0. The van der Waals surface area contributed by atoms with E-state index in [1.807, 2.05) is 12.1 Å². The molecule has 0 bridgehead atoms.